The average molecular weight is 315 g/mol. The van der Waals surface area contributed by atoms with Crippen molar-refractivity contribution in [3.63, 3.8) is 0 Å². The number of nitrogens with zero attached hydrogens (tertiary/aromatic N) is 3. The van der Waals surface area contributed by atoms with Crippen LogP contribution in [-0.2, 0) is 16.1 Å². The largest absolute Gasteiger partial charge is 0.410 e. The van der Waals surface area contributed by atoms with E-state index in [1.54, 1.807) is 0 Å². The summed E-state index contributed by atoms with van der Waals surface area (Å²) >= 11 is 1.29. The maximum absolute atomic E-state index is 12.2. The van der Waals surface area contributed by atoms with E-state index in [1.165, 1.54) is 16.7 Å². The molecule has 0 aromatic carbocycles. The molecule has 0 saturated carbocycles. The van der Waals surface area contributed by atoms with Gasteiger partial charge in [-0.25, -0.2) is 0 Å². The van der Waals surface area contributed by atoms with E-state index in [0.29, 0.717) is 36.5 Å². The zero-order valence-corrected chi connectivity index (χ0v) is 13.8. The molecule has 0 radical (unpaired) electrons. The van der Waals surface area contributed by atoms with Crippen molar-refractivity contribution in [1.82, 2.24) is 15.1 Å². The summed E-state index contributed by atoms with van der Waals surface area (Å²) < 4.78 is 11.1. The van der Waals surface area contributed by atoms with Gasteiger partial charge in [-0.3, -0.25) is 4.79 Å². The second-order valence-corrected chi connectivity index (χ2v) is 6.62. The van der Waals surface area contributed by atoms with Gasteiger partial charge in [0.05, 0.1) is 32.1 Å². The lowest BCUT2D eigenvalue weighted by Gasteiger charge is -2.35. The summed E-state index contributed by atoms with van der Waals surface area (Å²) in [6.07, 6.45) is 0.168. The molecule has 1 aliphatic rings. The molecule has 1 aromatic rings. The van der Waals surface area contributed by atoms with Crippen LogP contribution in [0.4, 0.5) is 0 Å². The Hall–Kier alpha value is -1.12. The molecular weight excluding hydrogens is 292 g/mol. The predicted octanol–water partition coefficient (Wildman–Crippen LogP) is -0.558. The van der Waals surface area contributed by atoms with E-state index in [-0.39, 0.29) is 18.1 Å². The summed E-state index contributed by atoms with van der Waals surface area (Å²) in [7, 11) is 4.03. The van der Waals surface area contributed by atoms with Crippen molar-refractivity contribution in [1.29, 1.82) is 0 Å². The van der Waals surface area contributed by atoms with Gasteiger partial charge in [-0.15, -0.1) is 10.2 Å². The van der Waals surface area contributed by atoms with Crippen molar-refractivity contribution in [3.05, 3.63) is 5.89 Å². The van der Waals surface area contributed by atoms with Crippen molar-refractivity contribution in [2.45, 2.75) is 37.8 Å². The van der Waals surface area contributed by atoms with E-state index in [1.807, 2.05) is 32.8 Å². The topological polar surface area (TPSA) is 72.9 Å². The lowest BCUT2D eigenvalue weighted by molar-refractivity contribution is -0.874. The third kappa shape index (κ3) is 4.98. The molecule has 1 aliphatic heterocycles. The summed E-state index contributed by atoms with van der Waals surface area (Å²) in [6.45, 7) is 5.93. The van der Waals surface area contributed by atoms with Crippen molar-refractivity contribution in [2.24, 2.45) is 0 Å². The molecule has 0 aliphatic carbocycles. The van der Waals surface area contributed by atoms with Crippen LogP contribution in [0.25, 0.3) is 0 Å². The molecule has 21 heavy (non-hydrogen) atoms. The minimum Gasteiger partial charge on any atom is -0.410 e. The fraction of sp³-hybridized carbons (Fsp3) is 0.769. The number of amides is 1. The van der Waals surface area contributed by atoms with Gasteiger partial charge in [-0.1, -0.05) is 11.8 Å². The molecule has 1 aromatic heterocycles. The molecule has 1 fully saturated rings. The maximum atomic E-state index is 12.2. The van der Waals surface area contributed by atoms with Crippen LogP contribution < -0.4 is 4.90 Å². The molecule has 0 bridgehead atoms. The average Bonchev–Trinajstić information content (AvgIpc) is 2.81. The van der Waals surface area contributed by atoms with Crippen LogP contribution in [-0.4, -0.2) is 66.2 Å². The SMILES string of the molecule is C[C@H]1CN(C(=O)CSc2nnc(C[NH+](C)C)o2)C[C@H](C)O1. The lowest BCUT2D eigenvalue weighted by atomic mass is 10.2. The van der Waals surface area contributed by atoms with Crippen molar-refractivity contribution in [2.75, 3.05) is 32.9 Å². The van der Waals surface area contributed by atoms with E-state index < -0.39 is 0 Å². The number of quaternary nitrogens is 1. The van der Waals surface area contributed by atoms with E-state index in [9.17, 15) is 4.79 Å². The number of aromatic nitrogens is 2. The molecule has 2 rings (SSSR count). The van der Waals surface area contributed by atoms with Gasteiger partial charge in [0.1, 0.15) is 0 Å². The van der Waals surface area contributed by atoms with Gasteiger partial charge in [0.15, 0.2) is 6.54 Å². The third-order valence-electron chi connectivity index (χ3n) is 3.04. The highest BCUT2D eigenvalue weighted by Crippen LogP contribution is 2.18. The Morgan fingerprint density at radius 2 is 2.00 bits per heavy atom. The van der Waals surface area contributed by atoms with Gasteiger partial charge in [0, 0.05) is 13.1 Å². The normalized spacial score (nSPS) is 22.8. The van der Waals surface area contributed by atoms with Crippen LogP contribution in [0, 0.1) is 0 Å². The number of nitrogens with one attached hydrogen (secondary N) is 1. The molecular formula is C13H23N4O3S+. The number of ether oxygens (including phenoxy) is 1. The minimum absolute atomic E-state index is 0.0833. The molecule has 118 valence electrons. The standard InChI is InChI=1S/C13H22N4O3S/c1-9-5-17(6-10(2)19-9)12(18)8-21-13-15-14-11(20-13)7-16(3)4/h9-10H,5-8H2,1-4H3/p+1/t9-,10-/m0/s1. The predicted molar refractivity (Wildman–Crippen MR) is 78.1 cm³/mol. The fourth-order valence-corrected chi connectivity index (χ4v) is 2.95. The summed E-state index contributed by atoms with van der Waals surface area (Å²) in [4.78, 5) is 15.3. The van der Waals surface area contributed by atoms with Gasteiger partial charge in [0.25, 0.3) is 11.1 Å². The third-order valence-corrected chi connectivity index (χ3v) is 3.85. The summed E-state index contributed by atoms with van der Waals surface area (Å²) in [6, 6.07) is 0. The van der Waals surface area contributed by atoms with Crippen molar-refractivity contribution >= 4 is 17.7 Å². The highest BCUT2D eigenvalue weighted by Gasteiger charge is 2.26. The smallest absolute Gasteiger partial charge is 0.277 e. The molecule has 2 atom stereocenters. The lowest BCUT2D eigenvalue weighted by Crippen LogP contribution is -3.04. The number of rotatable bonds is 5. The van der Waals surface area contributed by atoms with Crippen molar-refractivity contribution < 1.29 is 18.8 Å². The number of thioether (sulfide) groups is 1. The zero-order chi connectivity index (χ0) is 15.4. The van der Waals surface area contributed by atoms with Gasteiger partial charge < -0.3 is 19.0 Å². The summed E-state index contributed by atoms with van der Waals surface area (Å²) in [5.74, 6) is 0.995. The van der Waals surface area contributed by atoms with E-state index in [0.717, 1.165) is 0 Å². The van der Waals surface area contributed by atoms with Crippen LogP contribution in [0.2, 0.25) is 0 Å². The van der Waals surface area contributed by atoms with Crippen LogP contribution >= 0.6 is 11.8 Å². The maximum Gasteiger partial charge on any atom is 0.277 e. The first-order chi connectivity index (χ1) is 9.94. The minimum atomic E-state index is 0.0833. The number of hydrogen-bond donors (Lipinski definition) is 1. The summed E-state index contributed by atoms with van der Waals surface area (Å²) in [5, 5.41) is 8.37. The highest BCUT2D eigenvalue weighted by molar-refractivity contribution is 7.99. The van der Waals surface area contributed by atoms with Gasteiger partial charge >= 0.3 is 0 Å². The van der Waals surface area contributed by atoms with E-state index in [4.69, 9.17) is 9.15 Å². The van der Waals surface area contributed by atoms with Crippen LogP contribution in [0.15, 0.2) is 9.64 Å². The Morgan fingerprint density at radius 3 is 2.62 bits per heavy atom. The van der Waals surface area contributed by atoms with Crippen LogP contribution in [0.5, 0.6) is 0 Å². The highest BCUT2D eigenvalue weighted by atomic mass is 32.2. The first kappa shape index (κ1) is 16.3. The Kier molecular flexibility index (Phi) is 5.60. The van der Waals surface area contributed by atoms with Gasteiger partial charge in [0.2, 0.25) is 5.91 Å². The van der Waals surface area contributed by atoms with Gasteiger partial charge in [-0.05, 0) is 13.8 Å². The molecule has 1 amide bonds. The first-order valence-corrected chi connectivity index (χ1v) is 8.10. The second kappa shape index (κ2) is 7.24. The number of hydrogen-bond acceptors (Lipinski definition) is 6. The van der Waals surface area contributed by atoms with Crippen molar-refractivity contribution in [3.8, 4) is 0 Å². The molecule has 0 unspecified atom stereocenters. The summed E-state index contributed by atoms with van der Waals surface area (Å²) in [5.41, 5.74) is 0. The number of carbonyl (C=O) groups is 1. The molecule has 1 N–H and O–H groups in total. The van der Waals surface area contributed by atoms with E-state index in [2.05, 4.69) is 10.2 Å². The Morgan fingerprint density at radius 1 is 1.33 bits per heavy atom. The molecule has 2 heterocycles. The zero-order valence-electron chi connectivity index (χ0n) is 13.0. The van der Waals surface area contributed by atoms with E-state index >= 15 is 0 Å². The molecule has 8 heteroatoms. The molecule has 1 saturated heterocycles. The quantitative estimate of drug-likeness (QED) is 0.735. The van der Waals surface area contributed by atoms with Crippen LogP contribution in [0.1, 0.15) is 19.7 Å². The Balaban J connectivity index is 1.82. The Bertz CT molecular complexity index is 470. The fourth-order valence-electron chi connectivity index (χ4n) is 2.27. The second-order valence-electron chi connectivity index (χ2n) is 5.69. The molecule has 7 nitrogen and oxygen atoms in total. The van der Waals surface area contributed by atoms with Gasteiger partial charge in [-0.2, -0.15) is 0 Å². The number of morpholine rings is 1. The monoisotopic (exact) mass is 315 g/mol. The Labute approximate surface area is 129 Å². The first-order valence-electron chi connectivity index (χ1n) is 7.11. The van der Waals surface area contributed by atoms with Crippen LogP contribution in [0.3, 0.4) is 0 Å². The molecule has 0 spiro atoms. The number of carbonyl (C=O) groups excluding carboxylic acids is 1.